The van der Waals surface area contributed by atoms with E-state index in [1.54, 1.807) is 24.3 Å². The highest BCUT2D eigenvalue weighted by molar-refractivity contribution is 9.11. The number of hydrogen-bond donors (Lipinski definition) is 1. The lowest BCUT2D eigenvalue weighted by molar-refractivity contribution is 0.619. The molecule has 2 aromatic rings. The van der Waals surface area contributed by atoms with Crippen LogP contribution in [0, 0.1) is 12.7 Å². The molecule has 0 spiro atoms. The van der Waals surface area contributed by atoms with Crippen LogP contribution in [0.25, 0.3) is 10.6 Å². The zero-order valence-corrected chi connectivity index (χ0v) is 12.0. The van der Waals surface area contributed by atoms with Gasteiger partial charge in [-0.3, -0.25) is 0 Å². The van der Waals surface area contributed by atoms with Crippen LogP contribution in [0.5, 0.6) is 0 Å². The molecule has 0 aliphatic heterocycles. The Balaban J connectivity index is 2.39. The standard InChI is InChI=1S/C12H12BrFN2S/c1-7-5-8(3-4-9(7)14)12-16-10(6-15-2)11(13)17-12/h3-5,15H,6H2,1-2H3. The van der Waals surface area contributed by atoms with Gasteiger partial charge in [0, 0.05) is 12.1 Å². The van der Waals surface area contributed by atoms with Crippen molar-refractivity contribution in [3.63, 3.8) is 0 Å². The maximum Gasteiger partial charge on any atom is 0.126 e. The van der Waals surface area contributed by atoms with Crippen LogP contribution in [-0.4, -0.2) is 12.0 Å². The second-order valence-corrected chi connectivity index (χ2v) is 6.05. The van der Waals surface area contributed by atoms with Crippen molar-refractivity contribution in [3.8, 4) is 10.6 Å². The van der Waals surface area contributed by atoms with Gasteiger partial charge in [-0.1, -0.05) is 0 Å². The number of hydrogen-bond acceptors (Lipinski definition) is 3. The monoisotopic (exact) mass is 314 g/mol. The van der Waals surface area contributed by atoms with Gasteiger partial charge in [-0.05, 0) is 53.7 Å². The van der Waals surface area contributed by atoms with E-state index >= 15 is 0 Å². The molecule has 0 fully saturated rings. The first kappa shape index (κ1) is 12.7. The Bertz CT molecular complexity index is 539. The number of thiazole rings is 1. The lowest BCUT2D eigenvalue weighted by Gasteiger charge is -1.99. The Kier molecular flexibility index (Phi) is 3.91. The molecule has 1 heterocycles. The van der Waals surface area contributed by atoms with E-state index in [2.05, 4.69) is 26.2 Å². The van der Waals surface area contributed by atoms with E-state index in [9.17, 15) is 4.39 Å². The van der Waals surface area contributed by atoms with Gasteiger partial charge in [-0.25, -0.2) is 9.37 Å². The number of rotatable bonds is 3. The largest absolute Gasteiger partial charge is 0.314 e. The van der Waals surface area contributed by atoms with Crippen molar-refractivity contribution in [1.29, 1.82) is 0 Å². The summed E-state index contributed by atoms with van der Waals surface area (Å²) in [5.74, 6) is -0.181. The van der Waals surface area contributed by atoms with Crippen molar-refractivity contribution in [2.45, 2.75) is 13.5 Å². The van der Waals surface area contributed by atoms with E-state index < -0.39 is 0 Å². The van der Waals surface area contributed by atoms with Crippen LogP contribution in [0.4, 0.5) is 4.39 Å². The summed E-state index contributed by atoms with van der Waals surface area (Å²) in [6, 6.07) is 5.07. The molecular weight excluding hydrogens is 303 g/mol. The summed E-state index contributed by atoms with van der Waals surface area (Å²) in [6.45, 7) is 2.48. The highest BCUT2D eigenvalue weighted by atomic mass is 79.9. The minimum absolute atomic E-state index is 0.181. The second-order valence-electron chi connectivity index (χ2n) is 3.73. The quantitative estimate of drug-likeness (QED) is 0.933. The van der Waals surface area contributed by atoms with Crippen LogP contribution in [0.15, 0.2) is 22.0 Å². The molecule has 17 heavy (non-hydrogen) atoms. The number of nitrogens with one attached hydrogen (secondary N) is 1. The van der Waals surface area contributed by atoms with Crippen LogP contribution in [0.1, 0.15) is 11.3 Å². The topological polar surface area (TPSA) is 24.9 Å². The predicted octanol–water partition coefficient (Wildman–Crippen LogP) is 3.74. The third kappa shape index (κ3) is 2.73. The smallest absolute Gasteiger partial charge is 0.126 e. The molecule has 0 aliphatic carbocycles. The number of halogens is 2. The summed E-state index contributed by atoms with van der Waals surface area (Å²) >= 11 is 5.06. The highest BCUT2D eigenvalue weighted by Crippen LogP contribution is 2.32. The highest BCUT2D eigenvalue weighted by Gasteiger charge is 2.10. The summed E-state index contributed by atoms with van der Waals surface area (Å²) < 4.78 is 14.2. The number of aromatic nitrogens is 1. The maximum absolute atomic E-state index is 13.2. The molecule has 0 radical (unpaired) electrons. The van der Waals surface area contributed by atoms with Crippen LogP contribution in [-0.2, 0) is 6.54 Å². The molecule has 2 rings (SSSR count). The Morgan fingerprint density at radius 2 is 2.24 bits per heavy atom. The molecule has 0 unspecified atom stereocenters. The Morgan fingerprint density at radius 3 is 2.88 bits per heavy atom. The summed E-state index contributed by atoms with van der Waals surface area (Å²) in [4.78, 5) is 4.53. The molecule has 5 heteroatoms. The van der Waals surface area contributed by atoms with Crippen LogP contribution >= 0.6 is 27.3 Å². The van der Waals surface area contributed by atoms with Crippen molar-refractivity contribution in [1.82, 2.24) is 10.3 Å². The summed E-state index contributed by atoms with van der Waals surface area (Å²) in [5, 5.41) is 3.97. The van der Waals surface area contributed by atoms with E-state index in [-0.39, 0.29) is 5.82 Å². The zero-order chi connectivity index (χ0) is 12.4. The first-order valence-corrected chi connectivity index (χ1v) is 6.79. The summed E-state index contributed by atoms with van der Waals surface area (Å²) in [7, 11) is 1.88. The third-order valence-electron chi connectivity index (χ3n) is 2.40. The molecule has 0 bridgehead atoms. The SMILES string of the molecule is CNCc1nc(-c2ccc(F)c(C)c2)sc1Br. The van der Waals surface area contributed by atoms with E-state index in [4.69, 9.17) is 0 Å². The van der Waals surface area contributed by atoms with Crippen LogP contribution in [0.2, 0.25) is 0 Å². The van der Waals surface area contributed by atoms with Gasteiger partial charge in [0.05, 0.1) is 9.48 Å². The Hall–Kier alpha value is -0.780. The first-order valence-electron chi connectivity index (χ1n) is 5.18. The van der Waals surface area contributed by atoms with Gasteiger partial charge in [0.2, 0.25) is 0 Å². The molecule has 1 aromatic carbocycles. The molecule has 0 atom stereocenters. The normalized spacial score (nSPS) is 10.8. The Labute approximate surface area is 112 Å². The average Bonchev–Trinajstić information content (AvgIpc) is 2.65. The van der Waals surface area contributed by atoms with Gasteiger partial charge < -0.3 is 5.32 Å². The van der Waals surface area contributed by atoms with Gasteiger partial charge in [0.15, 0.2) is 0 Å². The van der Waals surface area contributed by atoms with Crippen molar-refractivity contribution in [2.24, 2.45) is 0 Å². The molecule has 2 nitrogen and oxygen atoms in total. The average molecular weight is 315 g/mol. The fourth-order valence-electron chi connectivity index (χ4n) is 1.51. The fourth-order valence-corrected chi connectivity index (χ4v) is 3.01. The second kappa shape index (κ2) is 5.25. The van der Waals surface area contributed by atoms with E-state index in [0.29, 0.717) is 5.56 Å². The summed E-state index contributed by atoms with van der Waals surface area (Å²) in [5.41, 5.74) is 2.58. The fraction of sp³-hybridized carbons (Fsp3) is 0.250. The molecular formula is C12H12BrFN2S. The number of aryl methyl sites for hydroxylation is 1. The van der Waals surface area contributed by atoms with Crippen molar-refractivity contribution in [3.05, 3.63) is 39.1 Å². The van der Waals surface area contributed by atoms with E-state index in [1.165, 1.54) is 6.07 Å². The lowest BCUT2D eigenvalue weighted by Crippen LogP contribution is -2.05. The van der Waals surface area contributed by atoms with Crippen molar-refractivity contribution >= 4 is 27.3 Å². The molecule has 90 valence electrons. The molecule has 0 saturated carbocycles. The van der Waals surface area contributed by atoms with E-state index in [0.717, 1.165) is 26.6 Å². The minimum atomic E-state index is -0.181. The minimum Gasteiger partial charge on any atom is -0.314 e. The van der Waals surface area contributed by atoms with E-state index in [1.807, 2.05) is 13.1 Å². The number of benzene rings is 1. The van der Waals surface area contributed by atoms with Gasteiger partial charge >= 0.3 is 0 Å². The van der Waals surface area contributed by atoms with Gasteiger partial charge in [0.1, 0.15) is 10.8 Å². The maximum atomic E-state index is 13.2. The van der Waals surface area contributed by atoms with Gasteiger partial charge in [0.25, 0.3) is 0 Å². The van der Waals surface area contributed by atoms with Gasteiger partial charge in [-0.15, -0.1) is 11.3 Å². The van der Waals surface area contributed by atoms with Crippen LogP contribution < -0.4 is 5.32 Å². The van der Waals surface area contributed by atoms with Crippen LogP contribution in [0.3, 0.4) is 0 Å². The molecule has 1 aromatic heterocycles. The summed E-state index contributed by atoms with van der Waals surface area (Å²) in [6.07, 6.45) is 0. The zero-order valence-electron chi connectivity index (χ0n) is 9.55. The van der Waals surface area contributed by atoms with Crippen molar-refractivity contribution < 1.29 is 4.39 Å². The predicted molar refractivity (Wildman–Crippen MR) is 72.7 cm³/mol. The lowest BCUT2D eigenvalue weighted by atomic mass is 10.1. The first-order chi connectivity index (χ1) is 8.11. The Morgan fingerprint density at radius 1 is 1.47 bits per heavy atom. The third-order valence-corrected chi connectivity index (χ3v) is 4.28. The molecule has 1 N–H and O–H groups in total. The number of nitrogens with zero attached hydrogens (tertiary/aromatic N) is 1. The van der Waals surface area contributed by atoms with Crippen molar-refractivity contribution in [2.75, 3.05) is 7.05 Å². The molecule has 0 amide bonds. The molecule has 0 saturated heterocycles. The molecule has 0 aliphatic rings. The van der Waals surface area contributed by atoms with Gasteiger partial charge in [-0.2, -0.15) is 0 Å².